The van der Waals surface area contributed by atoms with E-state index in [1.54, 1.807) is 10.7 Å². The zero-order valence-corrected chi connectivity index (χ0v) is 18.8. The summed E-state index contributed by atoms with van der Waals surface area (Å²) in [5, 5.41) is 8.44. The number of hydrogen-bond acceptors (Lipinski definition) is 5. The summed E-state index contributed by atoms with van der Waals surface area (Å²) in [5.74, 6) is -0.175. The Balaban J connectivity index is 1.50. The Labute approximate surface area is 197 Å². The molecule has 0 bridgehead atoms. The minimum atomic E-state index is -0.175. The molecule has 1 N–H and O–H groups in total. The van der Waals surface area contributed by atoms with Gasteiger partial charge in [0.2, 0.25) is 0 Å². The SMILES string of the molecule is O=C(NCCN1CCOCC1)c1cnc2cc(-c3ccccc3Cl)nn2c1-c1ccccc1. The van der Waals surface area contributed by atoms with E-state index in [-0.39, 0.29) is 5.91 Å². The van der Waals surface area contributed by atoms with Crippen LogP contribution in [0.5, 0.6) is 0 Å². The number of carbonyl (C=O) groups is 1. The van der Waals surface area contributed by atoms with Crippen LogP contribution in [0.3, 0.4) is 0 Å². The van der Waals surface area contributed by atoms with Crippen molar-refractivity contribution in [3.8, 4) is 22.5 Å². The average molecular weight is 462 g/mol. The number of benzene rings is 2. The molecule has 168 valence electrons. The summed E-state index contributed by atoms with van der Waals surface area (Å²) >= 11 is 6.40. The molecular weight excluding hydrogens is 438 g/mol. The van der Waals surface area contributed by atoms with Gasteiger partial charge in [0, 0.05) is 49.6 Å². The van der Waals surface area contributed by atoms with E-state index in [2.05, 4.69) is 15.2 Å². The Morgan fingerprint density at radius 2 is 1.82 bits per heavy atom. The molecular formula is C25H24ClN5O2. The number of amides is 1. The van der Waals surface area contributed by atoms with Gasteiger partial charge in [-0.05, 0) is 6.07 Å². The van der Waals surface area contributed by atoms with Gasteiger partial charge in [-0.2, -0.15) is 5.10 Å². The van der Waals surface area contributed by atoms with Crippen molar-refractivity contribution in [1.82, 2.24) is 24.8 Å². The molecule has 1 aliphatic heterocycles. The molecule has 0 aliphatic carbocycles. The number of aromatic nitrogens is 3. The Hall–Kier alpha value is -3.26. The second-order valence-corrected chi connectivity index (χ2v) is 8.28. The summed E-state index contributed by atoms with van der Waals surface area (Å²) in [7, 11) is 0. The summed E-state index contributed by atoms with van der Waals surface area (Å²) in [5.41, 5.74) is 4.23. The zero-order chi connectivity index (χ0) is 22.6. The van der Waals surface area contributed by atoms with Crippen molar-refractivity contribution in [3.05, 3.63) is 77.4 Å². The molecule has 4 aromatic rings. The monoisotopic (exact) mass is 461 g/mol. The van der Waals surface area contributed by atoms with Crippen LogP contribution in [0.15, 0.2) is 66.9 Å². The number of carbonyl (C=O) groups excluding carboxylic acids is 1. The third kappa shape index (κ3) is 4.61. The van der Waals surface area contributed by atoms with E-state index < -0.39 is 0 Å². The van der Waals surface area contributed by atoms with Crippen molar-refractivity contribution >= 4 is 23.2 Å². The fourth-order valence-corrected chi connectivity index (χ4v) is 4.25. The standard InChI is InChI=1S/C25H24ClN5O2/c26-21-9-5-4-8-19(21)22-16-23-28-17-20(24(31(23)29-22)18-6-2-1-3-7-18)25(32)27-10-11-30-12-14-33-15-13-30/h1-9,16-17H,10-15H2,(H,27,32). The molecule has 3 heterocycles. The van der Waals surface area contributed by atoms with E-state index >= 15 is 0 Å². The molecule has 0 atom stereocenters. The molecule has 1 aliphatic rings. The lowest BCUT2D eigenvalue weighted by Crippen LogP contribution is -2.41. The number of morpholine rings is 1. The summed E-state index contributed by atoms with van der Waals surface area (Å²) in [4.78, 5) is 20.0. The van der Waals surface area contributed by atoms with E-state index in [4.69, 9.17) is 21.4 Å². The molecule has 0 spiro atoms. The average Bonchev–Trinajstić information content (AvgIpc) is 3.29. The van der Waals surface area contributed by atoms with Gasteiger partial charge < -0.3 is 10.1 Å². The summed E-state index contributed by atoms with van der Waals surface area (Å²) in [6.45, 7) is 4.58. The molecule has 5 rings (SSSR count). The predicted molar refractivity (Wildman–Crippen MR) is 128 cm³/mol. The number of hydrogen-bond donors (Lipinski definition) is 1. The fraction of sp³-hybridized carbons (Fsp3) is 0.240. The van der Waals surface area contributed by atoms with Crippen LogP contribution in [0.1, 0.15) is 10.4 Å². The lowest BCUT2D eigenvalue weighted by atomic mass is 10.1. The maximum atomic E-state index is 13.2. The maximum Gasteiger partial charge on any atom is 0.255 e. The number of ether oxygens (including phenoxy) is 1. The molecule has 0 radical (unpaired) electrons. The minimum Gasteiger partial charge on any atom is -0.379 e. The van der Waals surface area contributed by atoms with E-state index in [1.165, 1.54) is 0 Å². The molecule has 0 saturated carbocycles. The van der Waals surface area contributed by atoms with Crippen molar-refractivity contribution in [2.45, 2.75) is 0 Å². The van der Waals surface area contributed by atoms with Crippen LogP contribution in [0, 0.1) is 0 Å². The predicted octanol–water partition coefficient (Wildman–Crippen LogP) is 3.78. The first kappa shape index (κ1) is 21.6. The zero-order valence-electron chi connectivity index (χ0n) is 18.1. The van der Waals surface area contributed by atoms with Crippen LogP contribution in [0.25, 0.3) is 28.2 Å². The van der Waals surface area contributed by atoms with Crippen LogP contribution >= 0.6 is 11.6 Å². The molecule has 1 saturated heterocycles. The van der Waals surface area contributed by atoms with Crippen LogP contribution < -0.4 is 5.32 Å². The van der Waals surface area contributed by atoms with Crippen molar-refractivity contribution in [1.29, 1.82) is 0 Å². The molecule has 33 heavy (non-hydrogen) atoms. The van der Waals surface area contributed by atoms with Gasteiger partial charge in [0.1, 0.15) is 0 Å². The van der Waals surface area contributed by atoms with Crippen molar-refractivity contribution in [3.63, 3.8) is 0 Å². The third-order valence-corrected chi connectivity index (χ3v) is 6.07. The van der Waals surface area contributed by atoms with E-state index in [1.807, 2.05) is 60.7 Å². The van der Waals surface area contributed by atoms with Gasteiger partial charge in [0.15, 0.2) is 5.65 Å². The van der Waals surface area contributed by atoms with Crippen LogP contribution in [-0.2, 0) is 4.74 Å². The first-order valence-electron chi connectivity index (χ1n) is 11.0. The number of fused-ring (bicyclic) bond motifs is 1. The lowest BCUT2D eigenvalue weighted by molar-refractivity contribution is 0.0383. The first-order chi connectivity index (χ1) is 16.2. The lowest BCUT2D eigenvalue weighted by Gasteiger charge is -2.26. The fourth-order valence-electron chi connectivity index (χ4n) is 4.02. The number of nitrogens with zero attached hydrogens (tertiary/aromatic N) is 4. The van der Waals surface area contributed by atoms with Gasteiger partial charge in [0.05, 0.1) is 35.2 Å². The van der Waals surface area contributed by atoms with Gasteiger partial charge in [-0.15, -0.1) is 0 Å². The number of rotatable bonds is 6. The van der Waals surface area contributed by atoms with E-state index in [9.17, 15) is 4.79 Å². The summed E-state index contributed by atoms with van der Waals surface area (Å²) in [6, 6.07) is 19.2. The van der Waals surface area contributed by atoms with Gasteiger partial charge in [0.25, 0.3) is 5.91 Å². The largest absolute Gasteiger partial charge is 0.379 e. The Morgan fingerprint density at radius 1 is 1.06 bits per heavy atom. The Bertz CT molecular complexity index is 1270. The van der Waals surface area contributed by atoms with Crippen LogP contribution in [0.2, 0.25) is 5.02 Å². The molecule has 1 amide bonds. The highest BCUT2D eigenvalue weighted by Crippen LogP contribution is 2.30. The van der Waals surface area contributed by atoms with E-state index in [0.717, 1.165) is 44.0 Å². The molecule has 8 heteroatoms. The third-order valence-electron chi connectivity index (χ3n) is 5.74. The van der Waals surface area contributed by atoms with Gasteiger partial charge in [-0.25, -0.2) is 9.50 Å². The second kappa shape index (κ2) is 9.70. The molecule has 0 unspecified atom stereocenters. The second-order valence-electron chi connectivity index (χ2n) is 7.88. The van der Waals surface area contributed by atoms with Crippen molar-refractivity contribution < 1.29 is 9.53 Å². The summed E-state index contributed by atoms with van der Waals surface area (Å²) < 4.78 is 7.12. The van der Waals surface area contributed by atoms with Gasteiger partial charge in [-0.3, -0.25) is 9.69 Å². The minimum absolute atomic E-state index is 0.175. The normalized spacial score (nSPS) is 14.5. The van der Waals surface area contributed by atoms with Crippen LogP contribution in [-0.4, -0.2) is 64.8 Å². The highest BCUT2D eigenvalue weighted by Gasteiger charge is 2.20. The Kier molecular flexibility index (Phi) is 6.35. The quantitative estimate of drug-likeness (QED) is 0.473. The van der Waals surface area contributed by atoms with Crippen molar-refractivity contribution in [2.75, 3.05) is 39.4 Å². The summed E-state index contributed by atoms with van der Waals surface area (Å²) in [6.07, 6.45) is 1.62. The number of nitrogens with one attached hydrogen (secondary N) is 1. The Morgan fingerprint density at radius 3 is 2.61 bits per heavy atom. The topological polar surface area (TPSA) is 71.8 Å². The molecule has 2 aromatic heterocycles. The highest BCUT2D eigenvalue weighted by molar-refractivity contribution is 6.33. The number of halogens is 1. The maximum absolute atomic E-state index is 13.2. The first-order valence-corrected chi connectivity index (χ1v) is 11.4. The molecule has 2 aromatic carbocycles. The van der Waals surface area contributed by atoms with E-state index in [0.29, 0.717) is 34.2 Å². The smallest absolute Gasteiger partial charge is 0.255 e. The molecule has 1 fully saturated rings. The van der Waals surface area contributed by atoms with Crippen LogP contribution in [0.4, 0.5) is 0 Å². The highest BCUT2D eigenvalue weighted by atomic mass is 35.5. The van der Waals surface area contributed by atoms with Gasteiger partial charge in [-0.1, -0.05) is 60.1 Å². The molecule has 7 nitrogen and oxygen atoms in total. The van der Waals surface area contributed by atoms with Crippen molar-refractivity contribution in [2.24, 2.45) is 0 Å². The van der Waals surface area contributed by atoms with Gasteiger partial charge >= 0.3 is 0 Å².